The van der Waals surface area contributed by atoms with E-state index in [1.54, 1.807) is 0 Å². The van der Waals surface area contributed by atoms with Gasteiger partial charge in [0.15, 0.2) is 6.29 Å². The van der Waals surface area contributed by atoms with Gasteiger partial charge in [0.1, 0.15) is 0 Å². The van der Waals surface area contributed by atoms with Gasteiger partial charge in [0.05, 0.1) is 12.7 Å². The van der Waals surface area contributed by atoms with Crippen LogP contribution < -0.4 is 5.73 Å². The van der Waals surface area contributed by atoms with Gasteiger partial charge in [0.25, 0.3) is 0 Å². The summed E-state index contributed by atoms with van der Waals surface area (Å²) in [6, 6.07) is 0. The van der Waals surface area contributed by atoms with Gasteiger partial charge < -0.3 is 15.2 Å². The Bertz CT molecular complexity index is 174. The molecule has 3 nitrogen and oxygen atoms in total. The molecular formula is C10H19NO2S. The summed E-state index contributed by atoms with van der Waals surface area (Å²) in [5.74, 6) is 3.41. The topological polar surface area (TPSA) is 44.5 Å². The van der Waals surface area contributed by atoms with Gasteiger partial charge in [0.2, 0.25) is 0 Å². The third-order valence-corrected chi connectivity index (χ3v) is 3.99. The van der Waals surface area contributed by atoms with Crippen LogP contribution in [0.5, 0.6) is 0 Å². The van der Waals surface area contributed by atoms with Crippen molar-refractivity contribution in [2.75, 3.05) is 24.7 Å². The van der Waals surface area contributed by atoms with E-state index in [1.165, 1.54) is 24.3 Å². The average Bonchev–Trinajstić information content (AvgIpc) is 2.67. The lowest BCUT2D eigenvalue weighted by Gasteiger charge is -2.23. The normalized spacial score (nSPS) is 34.9. The number of rotatable bonds is 3. The molecule has 2 heterocycles. The quantitative estimate of drug-likeness (QED) is 0.772. The van der Waals surface area contributed by atoms with Gasteiger partial charge >= 0.3 is 0 Å². The summed E-state index contributed by atoms with van der Waals surface area (Å²) in [6.07, 6.45) is 3.87. The first-order valence-corrected chi connectivity index (χ1v) is 6.59. The molecule has 2 N–H and O–H groups in total. The van der Waals surface area contributed by atoms with E-state index < -0.39 is 0 Å². The smallest absolute Gasteiger partial charge is 0.158 e. The highest BCUT2D eigenvalue weighted by Gasteiger charge is 2.27. The van der Waals surface area contributed by atoms with Crippen LogP contribution in [0.25, 0.3) is 0 Å². The van der Waals surface area contributed by atoms with E-state index in [-0.39, 0.29) is 12.4 Å². The van der Waals surface area contributed by atoms with E-state index in [0.717, 1.165) is 12.3 Å². The molecule has 0 saturated carbocycles. The lowest BCUT2D eigenvalue weighted by Crippen LogP contribution is -2.24. The summed E-state index contributed by atoms with van der Waals surface area (Å²) in [4.78, 5) is 0. The highest BCUT2D eigenvalue weighted by Crippen LogP contribution is 2.29. The largest absolute Gasteiger partial charge is 0.350 e. The van der Waals surface area contributed by atoms with Crippen LogP contribution in [0.4, 0.5) is 0 Å². The zero-order valence-corrected chi connectivity index (χ0v) is 9.30. The second-order valence-corrected chi connectivity index (χ2v) is 5.27. The second-order valence-electron chi connectivity index (χ2n) is 4.05. The zero-order chi connectivity index (χ0) is 9.80. The molecule has 2 aliphatic rings. The lowest BCUT2D eigenvalue weighted by molar-refractivity contribution is -0.0704. The van der Waals surface area contributed by atoms with Gasteiger partial charge in [-0.2, -0.15) is 11.8 Å². The van der Waals surface area contributed by atoms with Crippen LogP contribution in [0.15, 0.2) is 0 Å². The maximum atomic E-state index is 5.66. The molecule has 2 saturated heterocycles. The first kappa shape index (κ1) is 10.7. The monoisotopic (exact) mass is 217 g/mol. The van der Waals surface area contributed by atoms with Gasteiger partial charge in [-0.05, 0) is 30.3 Å². The maximum Gasteiger partial charge on any atom is 0.158 e. The Hall–Kier alpha value is 0.230. The van der Waals surface area contributed by atoms with Crippen molar-refractivity contribution in [2.45, 2.75) is 31.7 Å². The van der Waals surface area contributed by atoms with Gasteiger partial charge in [-0.3, -0.25) is 0 Å². The highest BCUT2D eigenvalue weighted by atomic mass is 32.2. The molecule has 0 aromatic carbocycles. The van der Waals surface area contributed by atoms with Crippen molar-refractivity contribution in [3.05, 3.63) is 0 Å². The first-order chi connectivity index (χ1) is 6.88. The van der Waals surface area contributed by atoms with E-state index in [1.807, 2.05) is 0 Å². The number of hydrogen-bond donors (Lipinski definition) is 1. The molecule has 2 rings (SSSR count). The van der Waals surface area contributed by atoms with Gasteiger partial charge in [0, 0.05) is 13.0 Å². The average molecular weight is 217 g/mol. The Labute approximate surface area is 89.7 Å². The minimum Gasteiger partial charge on any atom is -0.350 e. The fourth-order valence-corrected chi connectivity index (χ4v) is 3.21. The Morgan fingerprint density at radius 3 is 2.71 bits per heavy atom. The Morgan fingerprint density at radius 1 is 1.29 bits per heavy atom. The first-order valence-electron chi connectivity index (χ1n) is 5.43. The highest BCUT2D eigenvalue weighted by molar-refractivity contribution is 7.99. The van der Waals surface area contributed by atoms with E-state index in [2.05, 4.69) is 11.8 Å². The third kappa shape index (κ3) is 2.86. The Morgan fingerprint density at radius 2 is 2.07 bits per heavy atom. The minimum atomic E-state index is 0.0247. The number of ether oxygens (including phenoxy) is 2. The molecule has 0 radical (unpaired) electrons. The van der Waals surface area contributed by atoms with Crippen molar-refractivity contribution in [3.63, 3.8) is 0 Å². The molecule has 2 aliphatic heterocycles. The van der Waals surface area contributed by atoms with Crippen LogP contribution >= 0.6 is 11.8 Å². The summed E-state index contributed by atoms with van der Waals surface area (Å²) >= 11 is 2.06. The van der Waals surface area contributed by atoms with E-state index >= 15 is 0 Å². The molecule has 4 heteroatoms. The molecule has 0 aromatic rings. The number of nitrogens with two attached hydrogens (primary N) is 1. The molecule has 14 heavy (non-hydrogen) atoms. The minimum absolute atomic E-state index is 0.0247. The van der Waals surface area contributed by atoms with Gasteiger partial charge in [-0.15, -0.1) is 0 Å². The predicted molar refractivity (Wildman–Crippen MR) is 58.3 cm³/mol. The molecule has 0 aromatic heterocycles. The molecule has 0 spiro atoms. The van der Waals surface area contributed by atoms with Gasteiger partial charge in [-0.1, -0.05) is 0 Å². The molecule has 2 atom stereocenters. The molecule has 0 amide bonds. The Kier molecular flexibility index (Phi) is 4.10. The van der Waals surface area contributed by atoms with Crippen LogP contribution in [0, 0.1) is 5.92 Å². The fourth-order valence-electron chi connectivity index (χ4n) is 2.01. The van der Waals surface area contributed by atoms with Crippen molar-refractivity contribution < 1.29 is 9.47 Å². The molecule has 2 unspecified atom stereocenters. The van der Waals surface area contributed by atoms with Crippen LogP contribution in [0.1, 0.15) is 19.3 Å². The molecule has 82 valence electrons. The van der Waals surface area contributed by atoms with Crippen LogP contribution in [-0.2, 0) is 9.47 Å². The predicted octanol–water partition coefficient (Wildman–Crippen LogP) is 1.22. The molecule has 0 aliphatic carbocycles. The van der Waals surface area contributed by atoms with E-state index in [9.17, 15) is 0 Å². The summed E-state index contributed by atoms with van der Waals surface area (Å²) in [7, 11) is 0. The van der Waals surface area contributed by atoms with E-state index in [4.69, 9.17) is 15.2 Å². The summed E-state index contributed by atoms with van der Waals surface area (Å²) in [5.41, 5.74) is 5.52. The fraction of sp³-hybridized carbons (Fsp3) is 1.00. The SMILES string of the molecule is NCC1COC(CC2CCSCC2)O1. The molecular weight excluding hydrogens is 198 g/mol. The van der Waals surface area contributed by atoms with Crippen LogP contribution in [0.2, 0.25) is 0 Å². The number of thioether (sulfide) groups is 1. The Balaban J connectivity index is 1.69. The van der Waals surface area contributed by atoms with Crippen LogP contribution in [-0.4, -0.2) is 37.1 Å². The summed E-state index contributed by atoms with van der Waals surface area (Å²) in [5, 5.41) is 0. The van der Waals surface area contributed by atoms with Crippen molar-refractivity contribution in [3.8, 4) is 0 Å². The standard InChI is InChI=1S/C10H19NO2S/c11-6-9-7-12-10(13-9)5-8-1-3-14-4-2-8/h8-10H,1-7,11H2. The summed E-state index contributed by atoms with van der Waals surface area (Å²) in [6.45, 7) is 1.26. The molecule has 2 fully saturated rings. The third-order valence-electron chi connectivity index (χ3n) is 2.94. The lowest BCUT2D eigenvalue weighted by atomic mass is 9.99. The van der Waals surface area contributed by atoms with Crippen molar-refractivity contribution in [1.29, 1.82) is 0 Å². The van der Waals surface area contributed by atoms with E-state index in [0.29, 0.717) is 13.2 Å². The summed E-state index contributed by atoms with van der Waals surface area (Å²) < 4.78 is 11.2. The van der Waals surface area contributed by atoms with Gasteiger partial charge in [-0.25, -0.2) is 0 Å². The van der Waals surface area contributed by atoms with Crippen LogP contribution in [0.3, 0.4) is 0 Å². The maximum absolute atomic E-state index is 5.66. The van der Waals surface area contributed by atoms with Crippen molar-refractivity contribution in [1.82, 2.24) is 0 Å². The molecule has 0 bridgehead atoms. The van der Waals surface area contributed by atoms with Crippen molar-refractivity contribution >= 4 is 11.8 Å². The van der Waals surface area contributed by atoms with Crippen molar-refractivity contribution in [2.24, 2.45) is 11.7 Å². The number of hydrogen-bond acceptors (Lipinski definition) is 4. The zero-order valence-electron chi connectivity index (χ0n) is 8.48. The second kappa shape index (κ2) is 5.35.